The van der Waals surface area contributed by atoms with Crippen LogP contribution in [0, 0.1) is 11.6 Å². The Morgan fingerprint density at radius 3 is 2.10 bits per heavy atom. The zero-order valence-electron chi connectivity index (χ0n) is 11.8. The van der Waals surface area contributed by atoms with Gasteiger partial charge in [0.15, 0.2) is 11.6 Å². The second kappa shape index (κ2) is 6.62. The first-order valence-electron chi connectivity index (χ1n) is 6.92. The molecule has 0 aliphatic heterocycles. The zero-order chi connectivity index (χ0) is 14.5. The first kappa shape index (κ1) is 14.7. The van der Waals surface area contributed by atoms with Gasteiger partial charge in [-0.15, -0.1) is 0 Å². The molecule has 0 spiro atoms. The lowest BCUT2D eigenvalue weighted by Crippen LogP contribution is -2.22. The van der Waals surface area contributed by atoms with Gasteiger partial charge in [0.05, 0.1) is 6.04 Å². The number of halogens is 2. The van der Waals surface area contributed by atoms with E-state index >= 15 is 0 Å². The molecular formula is C17H19F2N. The molecule has 3 heteroatoms. The monoisotopic (exact) mass is 275 g/mol. The molecule has 2 aromatic rings. The van der Waals surface area contributed by atoms with Gasteiger partial charge >= 0.3 is 0 Å². The van der Waals surface area contributed by atoms with Gasteiger partial charge in [0, 0.05) is 0 Å². The summed E-state index contributed by atoms with van der Waals surface area (Å²) in [5.41, 5.74) is 3.04. The second-order valence-electron chi connectivity index (χ2n) is 4.76. The Balaban J connectivity index is 2.35. The molecule has 0 saturated heterocycles. The molecule has 1 atom stereocenters. The standard InChI is InChI=1S/C17H19F2N/c1-3-12-5-7-13(8-6-12)17(20-4-2)14-9-10-15(18)16(19)11-14/h5-11,17,20H,3-4H2,1-2H3. The highest BCUT2D eigenvalue weighted by Gasteiger charge is 2.14. The largest absolute Gasteiger partial charge is 0.307 e. The first-order valence-corrected chi connectivity index (χ1v) is 6.92. The molecule has 1 N–H and O–H groups in total. The Hall–Kier alpha value is -1.74. The maximum Gasteiger partial charge on any atom is 0.159 e. The molecule has 0 radical (unpaired) electrons. The van der Waals surface area contributed by atoms with Crippen molar-refractivity contribution in [3.63, 3.8) is 0 Å². The fourth-order valence-electron chi connectivity index (χ4n) is 2.27. The van der Waals surface area contributed by atoms with Gasteiger partial charge in [0.25, 0.3) is 0 Å². The summed E-state index contributed by atoms with van der Waals surface area (Å²) in [6.45, 7) is 4.85. The lowest BCUT2D eigenvalue weighted by molar-refractivity contribution is 0.504. The Labute approximate surface area is 118 Å². The minimum Gasteiger partial charge on any atom is -0.307 e. The molecule has 20 heavy (non-hydrogen) atoms. The van der Waals surface area contributed by atoms with Crippen molar-refractivity contribution in [2.45, 2.75) is 26.3 Å². The van der Waals surface area contributed by atoms with E-state index < -0.39 is 11.6 Å². The van der Waals surface area contributed by atoms with E-state index in [-0.39, 0.29) is 6.04 Å². The third-order valence-electron chi connectivity index (χ3n) is 3.41. The highest BCUT2D eigenvalue weighted by atomic mass is 19.2. The third kappa shape index (κ3) is 3.23. The van der Waals surface area contributed by atoms with Crippen molar-refractivity contribution < 1.29 is 8.78 Å². The maximum atomic E-state index is 13.4. The van der Waals surface area contributed by atoms with Crippen molar-refractivity contribution in [1.29, 1.82) is 0 Å². The molecule has 1 unspecified atom stereocenters. The maximum absolute atomic E-state index is 13.4. The summed E-state index contributed by atoms with van der Waals surface area (Å²) in [5, 5.41) is 3.31. The molecule has 106 valence electrons. The van der Waals surface area contributed by atoms with E-state index in [1.807, 2.05) is 19.1 Å². The molecule has 0 saturated carbocycles. The summed E-state index contributed by atoms with van der Waals surface area (Å²) in [6, 6.07) is 12.1. The Kier molecular flexibility index (Phi) is 4.85. The first-order chi connectivity index (χ1) is 9.65. The van der Waals surface area contributed by atoms with Crippen molar-refractivity contribution in [2.75, 3.05) is 6.54 Å². The number of hydrogen-bond donors (Lipinski definition) is 1. The molecule has 0 heterocycles. The van der Waals surface area contributed by atoms with Crippen LogP contribution in [0.25, 0.3) is 0 Å². The molecular weight excluding hydrogens is 256 g/mol. The van der Waals surface area contributed by atoms with Crippen molar-refractivity contribution in [3.05, 3.63) is 70.8 Å². The lowest BCUT2D eigenvalue weighted by atomic mass is 9.97. The van der Waals surface area contributed by atoms with Crippen molar-refractivity contribution in [1.82, 2.24) is 5.32 Å². The zero-order valence-corrected chi connectivity index (χ0v) is 11.8. The van der Waals surface area contributed by atoms with Crippen LogP contribution in [-0.4, -0.2) is 6.54 Å². The van der Waals surface area contributed by atoms with E-state index in [1.165, 1.54) is 17.7 Å². The molecule has 0 aliphatic rings. The van der Waals surface area contributed by atoms with Gasteiger partial charge in [-0.2, -0.15) is 0 Å². The number of benzene rings is 2. The number of rotatable bonds is 5. The van der Waals surface area contributed by atoms with Crippen LogP contribution < -0.4 is 5.32 Å². The normalized spacial score (nSPS) is 12.4. The minimum absolute atomic E-state index is 0.124. The van der Waals surface area contributed by atoms with Gasteiger partial charge in [-0.25, -0.2) is 8.78 Å². The topological polar surface area (TPSA) is 12.0 Å². The molecule has 0 amide bonds. The van der Waals surface area contributed by atoms with E-state index in [2.05, 4.69) is 24.4 Å². The molecule has 0 aliphatic carbocycles. The van der Waals surface area contributed by atoms with E-state index in [4.69, 9.17) is 0 Å². The predicted octanol–water partition coefficient (Wildman–Crippen LogP) is 4.23. The third-order valence-corrected chi connectivity index (χ3v) is 3.41. The van der Waals surface area contributed by atoms with Crippen molar-refractivity contribution in [2.24, 2.45) is 0 Å². The fourth-order valence-corrected chi connectivity index (χ4v) is 2.27. The Morgan fingerprint density at radius 1 is 0.900 bits per heavy atom. The van der Waals surface area contributed by atoms with Crippen molar-refractivity contribution >= 4 is 0 Å². The summed E-state index contributed by atoms with van der Waals surface area (Å²) in [4.78, 5) is 0. The quantitative estimate of drug-likeness (QED) is 0.861. The fraction of sp³-hybridized carbons (Fsp3) is 0.294. The van der Waals surface area contributed by atoms with Crippen LogP contribution in [-0.2, 0) is 6.42 Å². The van der Waals surface area contributed by atoms with Gasteiger partial charge in [-0.3, -0.25) is 0 Å². The van der Waals surface area contributed by atoms with Gasteiger partial charge in [-0.05, 0) is 41.8 Å². The van der Waals surface area contributed by atoms with Crippen LogP contribution in [0.5, 0.6) is 0 Å². The van der Waals surface area contributed by atoms with Crippen LogP contribution in [0.4, 0.5) is 8.78 Å². The predicted molar refractivity (Wildman–Crippen MR) is 77.7 cm³/mol. The van der Waals surface area contributed by atoms with E-state index in [0.29, 0.717) is 0 Å². The van der Waals surface area contributed by atoms with E-state index in [1.54, 1.807) is 6.07 Å². The molecule has 0 bridgehead atoms. The van der Waals surface area contributed by atoms with E-state index in [9.17, 15) is 8.78 Å². The van der Waals surface area contributed by atoms with Crippen molar-refractivity contribution in [3.8, 4) is 0 Å². The molecule has 1 nitrogen and oxygen atoms in total. The summed E-state index contributed by atoms with van der Waals surface area (Å²) in [5.74, 6) is -1.62. The smallest absolute Gasteiger partial charge is 0.159 e. The van der Waals surface area contributed by atoms with Crippen LogP contribution in [0.2, 0.25) is 0 Å². The molecule has 0 fully saturated rings. The minimum atomic E-state index is -0.815. The second-order valence-corrected chi connectivity index (χ2v) is 4.76. The SMILES string of the molecule is CCNC(c1ccc(CC)cc1)c1ccc(F)c(F)c1. The van der Waals surface area contributed by atoms with Gasteiger partial charge in [0.1, 0.15) is 0 Å². The van der Waals surface area contributed by atoms with Crippen LogP contribution in [0.3, 0.4) is 0 Å². The van der Waals surface area contributed by atoms with Gasteiger partial charge in [0.2, 0.25) is 0 Å². The highest BCUT2D eigenvalue weighted by Crippen LogP contribution is 2.24. The summed E-state index contributed by atoms with van der Waals surface area (Å²) in [7, 11) is 0. The average Bonchev–Trinajstić information content (AvgIpc) is 2.48. The van der Waals surface area contributed by atoms with Gasteiger partial charge in [-0.1, -0.05) is 44.2 Å². The van der Waals surface area contributed by atoms with Crippen LogP contribution >= 0.6 is 0 Å². The summed E-state index contributed by atoms with van der Waals surface area (Å²) < 4.78 is 26.5. The van der Waals surface area contributed by atoms with E-state index in [0.717, 1.165) is 24.1 Å². The van der Waals surface area contributed by atoms with Gasteiger partial charge < -0.3 is 5.32 Å². The number of hydrogen-bond acceptors (Lipinski definition) is 1. The molecule has 0 aromatic heterocycles. The highest BCUT2D eigenvalue weighted by molar-refractivity contribution is 5.34. The molecule has 2 aromatic carbocycles. The Bertz CT molecular complexity index is 564. The number of aryl methyl sites for hydroxylation is 1. The Morgan fingerprint density at radius 2 is 1.55 bits per heavy atom. The molecule has 2 rings (SSSR count). The lowest BCUT2D eigenvalue weighted by Gasteiger charge is -2.19. The number of nitrogens with one attached hydrogen (secondary N) is 1. The van der Waals surface area contributed by atoms with Crippen LogP contribution in [0.1, 0.15) is 36.6 Å². The summed E-state index contributed by atoms with van der Waals surface area (Å²) >= 11 is 0. The average molecular weight is 275 g/mol. The summed E-state index contributed by atoms with van der Waals surface area (Å²) in [6.07, 6.45) is 0.983. The van der Waals surface area contributed by atoms with Crippen LogP contribution in [0.15, 0.2) is 42.5 Å².